The predicted octanol–water partition coefficient (Wildman–Crippen LogP) is 19.1. The molecule has 0 radical (unpaired) electrons. The molecular formula is C92H132Cl6I5N8O14-. The summed E-state index contributed by atoms with van der Waals surface area (Å²) < 4.78 is 23.5. The molecule has 6 aliphatic rings. The fourth-order valence-corrected chi connectivity index (χ4v) is 15.9. The number of hydrogen-bond donors (Lipinski definition) is 4. The molecule has 702 valence electrons. The largest absolute Gasteiger partial charge is 0.494 e. The van der Waals surface area contributed by atoms with E-state index in [9.17, 15) is 29.1 Å². The van der Waals surface area contributed by atoms with Crippen LogP contribution in [0.15, 0.2) is 109 Å². The number of aliphatic hydroxyl groups is 3. The van der Waals surface area contributed by atoms with Crippen molar-refractivity contribution in [3.05, 3.63) is 162 Å². The van der Waals surface area contributed by atoms with Gasteiger partial charge in [0.2, 0.25) is 11.8 Å². The Morgan fingerprint density at radius 1 is 0.432 bits per heavy atom. The third-order valence-electron chi connectivity index (χ3n) is 21.4. The maximum atomic E-state index is 12.8. The summed E-state index contributed by atoms with van der Waals surface area (Å²) in [5, 5.41) is 35.2. The van der Waals surface area contributed by atoms with Crippen molar-refractivity contribution in [1.29, 1.82) is 0 Å². The van der Waals surface area contributed by atoms with Gasteiger partial charge in [-0.25, -0.2) is 0 Å². The van der Waals surface area contributed by atoms with Crippen molar-refractivity contribution >= 4 is 202 Å². The summed E-state index contributed by atoms with van der Waals surface area (Å²) in [7, 11) is 0. The minimum Gasteiger partial charge on any atom is -0.494 e. The molecule has 3 saturated heterocycles. The van der Waals surface area contributed by atoms with Crippen LogP contribution in [-0.2, 0) is 54.4 Å². The van der Waals surface area contributed by atoms with Gasteiger partial charge in [-0.15, -0.1) is 0 Å². The first kappa shape index (κ1) is 116. The van der Waals surface area contributed by atoms with Crippen LogP contribution < -0.4 is 52.0 Å². The molecule has 5 heterocycles. The zero-order valence-corrected chi connectivity index (χ0v) is 87.4. The van der Waals surface area contributed by atoms with Gasteiger partial charge < -0.3 is 59.5 Å². The number of hydrogen-bond acceptors (Lipinski definition) is 18. The van der Waals surface area contributed by atoms with E-state index in [4.69, 9.17) is 104 Å². The Balaban J connectivity index is 0.000000449. The Bertz CT molecular complexity index is 4060. The number of aliphatic hydroxyl groups excluding tert-OH is 2. The second-order valence-corrected chi connectivity index (χ2v) is 48.9. The van der Waals surface area contributed by atoms with Gasteiger partial charge in [0.1, 0.15) is 36.6 Å². The number of nitrogens with zero attached hydrogens (tertiary/aromatic N) is 8. The number of halogens is 11. The number of carboxylic acid groups (broad SMARTS) is 1. The second-order valence-electron chi connectivity index (χ2n) is 30.3. The van der Waals surface area contributed by atoms with Gasteiger partial charge in [-0.3, -0.25) is 48.5 Å². The standard InChI is InChI=1S/C36H51Cl2N3O4.C24H29Cl2N3O3.C24H28Cl2N2O2.C3H6O2.C3H8.CH4O2.CH4.I3.I2.H2O/c1-2-3-4-5-6-7-8-9-10-16-35(43)45-28-41-33-27-30(19-17-29(33)18-20-34(41)42)44-26-12-11-21-39-22-24-40(25-23-39)32-15-13-14-31(37)36(32)38;25-20-4-3-5-21(24(20)26)28-13-11-27(12-14-28)10-1-2-15-32-19-8-6-18-7-9-23(31)29(17-30)22(18)16-19;25-22-4-3-5-23(24(22)26)28-13-11-27(12-14-28)10-1-2-15-30-21-9-7-18-6-8-20(29)16-19(18)17-21;1-2-3(4)5;1-3-2;2-1-3;;1-3-2;1-2;/h13-15,17,19,27H,2-12,16,18,20-26,28H2,1H3;3-6,8,16,30H,1-2,7,9-15,17H2;3-5,7,9,17H,1-2,6,8,10-16H2;2H2,1H3,(H,4,5);3H2,1-2H3;2-3H,1H2;1H4;;;1H2/q;;;;;;;-1;;. The van der Waals surface area contributed by atoms with E-state index in [-0.39, 0.29) is 50.6 Å². The predicted molar refractivity (Wildman–Crippen MR) is 547 cm³/mol. The monoisotopic (exact) mass is 2420 g/mol. The van der Waals surface area contributed by atoms with Gasteiger partial charge >= 0.3 is 62.4 Å². The Morgan fingerprint density at radius 3 is 1.14 bits per heavy atom. The fourth-order valence-electron chi connectivity index (χ4n) is 14.7. The first-order valence-corrected chi connectivity index (χ1v) is 64.1. The molecule has 0 saturated carbocycles. The van der Waals surface area contributed by atoms with Crippen LogP contribution in [0.25, 0.3) is 0 Å². The molecule has 33 heteroatoms. The van der Waals surface area contributed by atoms with Gasteiger partial charge in [0.25, 0.3) is 0 Å². The van der Waals surface area contributed by atoms with Crippen molar-refractivity contribution < 1.29 is 82.1 Å². The quantitative estimate of drug-likeness (QED) is 0.0125. The van der Waals surface area contributed by atoms with Crippen molar-refractivity contribution in [2.24, 2.45) is 0 Å². The molecule has 1 aliphatic carbocycles. The van der Waals surface area contributed by atoms with Gasteiger partial charge in [0, 0.05) is 166 Å². The maximum Gasteiger partial charge on any atom is 0.229 e. The Kier molecular flexibility index (Phi) is 63.8. The van der Waals surface area contributed by atoms with Crippen LogP contribution in [0.2, 0.25) is 30.1 Å². The molecule has 6 N–H and O–H groups in total. The summed E-state index contributed by atoms with van der Waals surface area (Å²) >= 11 is 47.2. The number of unbranched alkanes of at least 4 members (excludes halogenated alkanes) is 11. The number of anilines is 5. The van der Waals surface area contributed by atoms with Gasteiger partial charge in [-0.2, -0.15) is 0 Å². The average molecular weight is 2420 g/mol. The van der Waals surface area contributed by atoms with Gasteiger partial charge in [0.15, 0.2) is 6.73 Å². The molecule has 12 rings (SSSR count). The summed E-state index contributed by atoms with van der Waals surface area (Å²) in [5.74, 6) is 1.64. The molecule has 2 amide bonds. The Hall–Kier alpha value is -3.22. The summed E-state index contributed by atoms with van der Waals surface area (Å²) in [4.78, 5) is 75.6. The number of aliphatic carboxylic acids is 1. The Labute approximate surface area is 827 Å². The van der Waals surface area contributed by atoms with Gasteiger partial charge in [-0.1, -0.05) is 199 Å². The van der Waals surface area contributed by atoms with Crippen molar-refractivity contribution in [3.63, 3.8) is 0 Å². The smallest absolute Gasteiger partial charge is 0.229 e. The van der Waals surface area contributed by atoms with Crippen molar-refractivity contribution in [1.82, 2.24) is 14.7 Å². The van der Waals surface area contributed by atoms with E-state index in [1.54, 1.807) is 11.8 Å². The zero-order chi connectivity index (χ0) is 89.7. The molecule has 6 aromatic rings. The van der Waals surface area contributed by atoms with E-state index in [0.29, 0.717) is 114 Å². The van der Waals surface area contributed by atoms with E-state index in [1.807, 2.05) is 103 Å². The topological polar surface area (TPSA) is 261 Å². The SMILES string of the molecule is C.CCC.CCC(=O)O.CCCCCCCCCCCC(=O)OCN1C(=O)CCc2ccc(OCCCCN3CCN(c4cccc(Cl)c4Cl)CC3)cc21.II.I[I-]I.O.O=C1CCc2ccc(OCCCCN3CCN(c4cccc(Cl)c4Cl)CC3)cc2C1.O=C1CCc2ccc(OCCCCN3CCN(c4cccc(Cl)c4Cl)CC3)cc2N1CO.OCO. The normalized spacial score (nSPS) is 14.8. The number of carbonyl (C=O) groups is 5. The van der Waals surface area contributed by atoms with E-state index in [0.717, 1.165) is 225 Å². The molecule has 5 aliphatic heterocycles. The molecular weight excluding hydrogens is 2290 g/mol. The molecule has 22 nitrogen and oxygen atoms in total. The number of esters is 1. The minimum absolute atomic E-state index is 0. The van der Waals surface area contributed by atoms with Crippen LogP contribution in [-0.4, -0.2) is 208 Å². The molecule has 0 spiro atoms. The van der Waals surface area contributed by atoms with E-state index in [1.165, 1.54) is 55.4 Å². The minimum atomic E-state index is -0.750. The number of amides is 2. The van der Waals surface area contributed by atoms with Crippen LogP contribution in [0, 0.1) is 0 Å². The van der Waals surface area contributed by atoms with Crippen molar-refractivity contribution in [3.8, 4) is 17.2 Å². The van der Waals surface area contributed by atoms with Crippen LogP contribution in [0.5, 0.6) is 17.2 Å². The van der Waals surface area contributed by atoms with Crippen molar-refractivity contribution in [2.75, 3.05) is 163 Å². The number of Topliss-reactive ketones (excluding diaryl/α,β-unsaturated/α-hetero) is 1. The van der Waals surface area contributed by atoms with Crippen LogP contribution in [0.4, 0.5) is 28.4 Å². The number of aryl methyl sites for hydroxylation is 3. The average Bonchev–Trinajstić information content (AvgIpc) is 0.805. The Morgan fingerprint density at radius 2 is 0.768 bits per heavy atom. The van der Waals surface area contributed by atoms with Crippen LogP contribution >= 0.6 is 144 Å². The number of ketones is 1. The molecule has 3 fully saturated rings. The number of ether oxygens (including phenoxy) is 4. The summed E-state index contributed by atoms with van der Waals surface area (Å²) in [6, 6.07) is 35.3. The third kappa shape index (κ3) is 43.1. The van der Waals surface area contributed by atoms with Crippen LogP contribution in [0.3, 0.4) is 0 Å². The van der Waals surface area contributed by atoms with Crippen molar-refractivity contribution in [2.45, 2.75) is 196 Å². The number of benzene rings is 6. The third-order valence-corrected chi connectivity index (χ3v) is 23.8. The van der Waals surface area contributed by atoms with Gasteiger partial charge in [-0.05, 0) is 167 Å². The molecule has 125 heavy (non-hydrogen) atoms. The molecule has 0 unspecified atom stereocenters. The summed E-state index contributed by atoms with van der Waals surface area (Å²) in [6.07, 6.45) is 23.2. The fraction of sp³-hybridized carbons (Fsp3) is 0.554. The first-order valence-electron chi connectivity index (χ1n) is 43.0. The van der Waals surface area contributed by atoms with E-state index < -0.39 is 12.8 Å². The molecule has 0 bridgehead atoms. The molecule has 0 aromatic heterocycles. The maximum absolute atomic E-state index is 12.8. The van der Waals surface area contributed by atoms with E-state index >= 15 is 0 Å². The molecule has 6 aromatic carbocycles. The number of rotatable bonds is 35. The van der Waals surface area contributed by atoms with E-state index in [2.05, 4.69) is 131 Å². The van der Waals surface area contributed by atoms with Gasteiger partial charge in [0.05, 0.1) is 78.4 Å². The molecule has 0 atom stereocenters. The summed E-state index contributed by atoms with van der Waals surface area (Å²) in [5.41, 5.74) is 9.19. The number of carboxylic acids is 1. The zero-order valence-electron chi connectivity index (χ0n) is 72.1. The number of piperazine rings is 3. The summed E-state index contributed by atoms with van der Waals surface area (Å²) in [6.45, 7) is 23.8. The number of carbonyl (C=O) groups excluding carboxylic acids is 4. The van der Waals surface area contributed by atoms with Crippen LogP contribution in [0.1, 0.15) is 192 Å². The number of fused-ring (bicyclic) bond motifs is 3. The second kappa shape index (κ2) is 68.7. The first-order chi connectivity index (χ1) is 59.6.